The highest BCUT2D eigenvalue weighted by atomic mass is 31.2. The Kier molecular flexibility index (Phi) is 5.47. The second-order valence-corrected chi connectivity index (χ2v) is 9.25. The largest absolute Gasteiger partial charge is 0.469 e. The number of hydrogen-bond donors (Lipinski definition) is 6. The van der Waals surface area contributed by atoms with Gasteiger partial charge in [-0.05, 0) is 22.9 Å². The van der Waals surface area contributed by atoms with Gasteiger partial charge in [0.05, 0.1) is 12.2 Å². The molecular weight excluding hydrogens is 463 g/mol. The lowest BCUT2D eigenvalue weighted by Gasteiger charge is -2.16. The standard InChI is InChI=1S/C22H21N4O7P/c1-2-24-21-17-14(13-7-11-5-3-4-6-12(11)8-15(13)25-20(17)23)9-26(21)22-19(28)18(27)16(33-22)10-32-34(29,30)31/h1,3-9,16,18-19,22,25,27-28H,10,23H2,(H2,29,30,31)/b24-21+. The van der Waals surface area contributed by atoms with Gasteiger partial charge in [-0.2, -0.15) is 4.99 Å². The number of H-pyrrole nitrogens is 1. The number of pyridine rings is 1. The van der Waals surface area contributed by atoms with Gasteiger partial charge >= 0.3 is 7.82 Å². The molecule has 0 aliphatic carbocycles. The predicted molar refractivity (Wildman–Crippen MR) is 123 cm³/mol. The number of aromatic amines is 1. The van der Waals surface area contributed by atoms with E-state index in [2.05, 4.69) is 20.5 Å². The summed E-state index contributed by atoms with van der Waals surface area (Å²) in [6.07, 6.45) is 1.80. The van der Waals surface area contributed by atoms with Crippen molar-refractivity contribution in [2.24, 2.45) is 4.99 Å². The number of phosphoric acid groups is 1. The third-order valence-corrected chi connectivity index (χ3v) is 6.39. The van der Waals surface area contributed by atoms with Crippen molar-refractivity contribution in [1.82, 2.24) is 9.55 Å². The molecule has 12 heteroatoms. The Bertz CT molecular complexity index is 1530. The molecular formula is C22H21N4O7P. The Morgan fingerprint density at radius 1 is 1.24 bits per heavy atom. The van der Waals surface area contributed by atoms with Gasteiger partial charge in [0.1, 0.15) is 24.1 Å². The van der Waals surface area contributed by atoms with Crippen LogP contribution < -0.4 is 11.2 Å². The molecule has 3 heterocycles. The molecule has 0 radical (unpaired) electrons. The van der Waals surface area contributed by atoms with Crippen molar-refractivity contribution < 1.29 is 33.8 Å². The minimum atomic E-state index is -4.80. The number of ether oxygens (including phenoxy) is 1. The number of hydrogen-bond acceptors (Lipinski definition) is 7. The summed E-state index contributed by atoms with van der Waals surface area (Å²) in [7, 11) is -4.80. The second-order valence-electron chi connectivity index (χ2n) is 8.01. The quantitative estimate of drug-likeness (QED) is 0.141. The molecule has 0 saturated carbocycles. The van der Waals surface area contributed by atoms with Crippen molar-refractivity contribution in [2.75, 3.05) is 12.3 Å². The zero-order chi connectivity index (χ0) is 24.2. The summed E-state index contributed by atoms with van der Waals surface area (Å²) in [6.45, 7) is -0.633. The molecule has 0 amide bonds. The topological polar surface area (TPSA) is 176 Å². The summed E-state index contributed by atoms with van der Waals surface area (Å²) in [4.78, 5) is 25.2. The minimum Gasteiger partial charge on any atom is -0.387 e. The first-order chi connectivity index (χ1) is 16.2. The number of nitrogen functional groups attached to an aromatic ring is 1. The molecule has 0 spiro atoms. The molecule has 3 aliphatic rings. The van der Waals surface area contributed by atoms with E-state index in [9.17, 15) is 14.8 Å². The summed E-state index contributed by atoms with van der Waals surface area (Å²) in [5.41, 5.74) is 8.51. The number of anilines is 1. The SMILES string of the molecule is C#C/N=c1\c2c(N)[nH]c3cc4ccccc4cc3c-2cn1C1OC(COP(=O)(O)O)C(O)C1O. The summed E-state index contributed by atoms with van der Waals surface area (Å²) < 4.78 is 22.7. The molecule has 2 aromatic rings. The Morgan fingerprint density at radius 3 is 2.62 bits per heavy atom. The molecule has 0 bridgehead atoms. The molecule has 7 N–H and O–H groups in total. The molecule has 2 aromatic carbocycles. The van der Waals surface area contributed by atoms with Crippen molar-refractivity contribution >= 4 is 35.3 Å². The van der Waals surface area contributed by atoms with Crippen LogP contribution in [0.15, 0.2) is 47.6 Å². The Balaban J connectivity index is 1.68. The van der Waals surface area contributed by atoms with Crippen LogP contribution in [0.2, 0.25) is 0 Å². The van der Waals surface area contributed by atoms with E-state index in [1.54, 1.807) is 6.20 Å². The van der Waals surface area contributed by atoms with Crippen LogP contribution in [0.5, 0.6) is 0 Å². The van der Waals surface area contributed by atoms with Gasteiger partial charge in [-0.25, -0.2) is 4.57 Å². The lowest BCUT2D eigenvalue weighted by molar-refractivity contribution is -0.0533. The van der Waals surface area contributed by atoms with E-state index >= 15 is 0 Å². The van der Waals surface area contributed by atoms with Crippen molar-refractivity contribution in [3.63, 3.8) is 0 Å². The van der Waals surface area contributed by atoms with Crippen LogP contribution in [-0.2, 0) is 13.8 Å². The number of nitrogens with two attached hydrogens (primary N) is 1. The van der Waals surface area contributed by atoms with Gasteiger partial charge in [0.2, 0.25) is 0 Å². The van der Waals surface area contributed by atoms with Gasteiger partial charge in [-0.15, -0.1) is 0 Å². The fourth-order valence-corrected chi connectivity index (χ4v) is 4.74. The number of nitrogens with zero attached hydrogens (tertiary/aromatic N) is 2. The average molecular weight is 484 g/mol. The molecule has 176 valence electrons. The Hall–Kier alpha value is -3.20. The van der Waals surface area contributed by atoms with Crippen LogP contribution >= 0.6 is 7.82 Å². The Labute approximate surface area is 192 Å². The first-order valence-corrected chi connectivity index (χ1v) is 11.8. The zero-order valence-corrected chi connectivity index (χ0v) is 18.5. The van der Waals surface area contributed by atoms with Crippen LogP contribution in [0.25, 0.3) is 32.8 Å². The maximum atomic E-state index is 11.1. The molecule has 34 heavy (non-hydrogen) atoms. The number of aliphatic hydroxyl groups excluding tert-OH is 2. The highest BCUT2D eigenvalue weighted by molar-refractivity contribution is 7.46. The average Bonchev–Trinajstić information content (AvgIpc) is 3.29. The number of benzene rings is 2. The minimum absolute atomic E-state index is 0.217. The van der Waals surface area contributed by atoms with Crippen LogP contribution in [-0.4, -0.2) is 54.5 Å². The van der Waals surface area contributed by atoms with Crippen molar-refractivity contribution in [3.8, 4) is 23.6 Å². The maximum Gasteiger partial charge on any atom is 0.469 e. The third kappa shape index (κ3) is 3.77. The van der Waals surface area contributed by atoms with E-state index in [4.69, 9.17) is 26.7 Å². The first kappa shape index (κ1) is 22.6. The number of aromatic nitrogens is 2. The highest BCUT2D eigenvalue weighted by Gasteiger charge is 2.45. The number of fused-ring (bicyclic) bond motifs is 4. The van der Waals surface area contributed by atoms with Crippen LogP contribution in [0, 0.1) is 12.5 Å². The summed E-state index contributed by atoms with van der Waals surface area (Å²) in [6, 6.07) is 14.0. The molecule has 1 fully saturated rings. The first-order valence-electron chi connectivity index (χ1n) is 10.2. The van der Waals surface area contributed by atoms with Gasteiger partial charge in [0.15, 0.2) is 11.7 Å². The molecule has 11 nitrogen and oxygen atoms in total. The summed E-state index contributed by atoms with van der Waals surface area (Å²) >= 11 is 0. The van der Waals surface area contributed by atoms with Gasteiger partial charge in [-0.3, -0.25) is 4.52 Å². The third-order valence-electron chi connectivity index (χ3n) is 5.91. The van der Waals surface area contributed by atoms with E-state index in [-0.39, 0.29) is 5.49 Å². The van der Waals surface area contributed by atoms with E-state index in [0.29, 0.717) is 16.9 Å². The number of phosphoric ester groups is 1. The van der Waals surface area contributed by atoms with Crippen molar-refractivity contribution in [2.45, 2.75) is 24.5 Å². The maximum absolute atomic E-state index is 11.1. The van der Waals surface area contributed by atoms with Gasteiger partial charge in [0, 0.05) is 28.7 Å². The number of terminal acetylenes is 1. The van der Waals surface area contributed by atoms with Crippen LogP contribution in [0.4, 0.5) is 5.82 Å². The Morgan fingerprint density at radius 2 is 1.94 bits per heavy atom. The van der Waals surface area contributed by atoms with Gasteiger partial charge in [0.25, 0.3) is 0 Å². The fourth-order valence-electron chi connectivity index (χ4n) is 4.39. The normalized spacial score (nSPS) is 23.8. The van der Waals surface area contributed by atoms with E-state index in [0.717, 1.165) is 21.7 Å². The number of nitrogens with one attached hydrogen (secondary N) is 1. The van der Waals surface area contributed by atoms with E-state index < -0.39 is 39.0 Å². The number of aliphatic hydroxyl groups is 2. The fraction of sp³-hybridized carbons (Fsp3) is 0.227. The lowest BCUT2D eigenvalue weighted by atomic mass is 10.0. The number of rotatable bonds is 4. The molecule has 4 atom stereocenters. The molecule has 3 aliphatic heterocycles. The van der Waals surface area contributed by atoms with Crippen molar-refractivity contribution in [3.05, 3.63) is 48.1 Å². The molecule has 0 aromatic heterocycles. The second kappa shape index (κ2) is 8.23. The lowest BCUT2D eigenvalue weighted by Crippen LogP contribution is -2.35. The highest BCUT2D eigenvalue weighted by Crippen LogP contribution is 2.40. The predicted octanol–water partition coefficient (Wildman–Crippen LogP) is 1.03. The summed E-state index contributed by atoms with van der Waals surface area (Å²) in [5, 5.41) is 23.9. The summed E-state index contributed by atoms with van der Waals surface area (Å²) in [5.74, 6) is 0.292. The molecule has 1 saturated heterocycles. The van der Waals surface area contributed by atoms with E-state index in [1.165, 1.54) is 4.57 Å². The smallest absolute Gasteiger partial charge is 0.387 e. The van der Waals surface area contributed by atoms with Gasteiger partial charge < -0.3 is 40.0 Å². The molecule has 5 rings (SSSR count). The van der Waals surface area contributed by atoms with E-state index in [1.807, 2.05) is 36.4 Å². The van der Waals surface area contributed by atoms with Crippen LogP contribution in [0.1, 0.15) is 6.23 Å². The van der Waals surface area contributed by atoms with Crippen molar-refractivity contribution in [1.29, 1.82) is 0 Å². The zero-order valence-electron chi connectivity index (χ0n) is 17.6. The van der Waals surface area contributed by atoms with Gasteiger partial charge in [-0.1, -0.05) is 30.7 Å². The van der Waals surface area contributed by atoms with Crippen LogP contribution in [0.3, 0.4) is 0 Å². The molecule has 4 unspecified atom stereocenters. The monoisotopic (exact) mass is 484 g/mol.